The van der Waals surface area contributed by atoms with Gasteiger partial charge < -0.3 is 0 Å². The maximum Gasteiger partial charge on any atom is 0.244 e. The molecule has 0 radical (unpaired) electrons. The molecule has 13 heavy (non-hydrogen) atoms. The van der Waals surface area contributed by atoms with Crippen molar-refractivity contribution in [2.75, 3.05) is 6.54 Å². The van der Waals surface area contributed by atoms with Crippen LogP contribution in [0.3, 0.4) is 0 Å². The molecule has 1 heterocycles. The topological polar surface area (TPSA) is 20.1 Å². The molecule has 0 saturated carbocycles. The highest BCUT2D eigenvalue weighted by molar-refractivity contribution is 5.91. The minimum absolute atomic E-state index is 0.136. The molecule has 0 unspecified atom stereocenters. The van der Waals surface area contributed by atoms with Gasteiger partial charge in [-0.2, -0.15) is 4.58 Å². The minimum Gasteiger partial charge on any atom is -0.288 e. The third-order valence-corrected chi connectivity index (χ3v) is 1.96. The van der Waals surface area contributed by atoms with Crippen molar-refractivity contribution in [3.8, 4) is 0 Å². The molecule has 1 aliphatic heterocycles. The first-order valence-corrected chi connectivity index (χ1v) is 4.56. The Labute approximate surface area is 79.3 Å². The molecule has 1 aliphatic rings. The van der Waals surface area contributed by atoms with Crippen LogP contribution in [-0.2, 0) is 4.79 Å². The van der Waals surface area contributed by atoms with Gasteiger partial charge in [-0.15, -0.1) is 0 Å². The number of hydrogen-bond donors (Lipinski definition) is 0. The predicted molar refractivity (Wildman–Crippen MR) is 54.0 cm³/mol. The van der Waals surface area contributed by atoms with Gasteiger partial charge in [0.05, 0.1) is 0 Å². The van der Waals surface area contributed by atoms with Gasteiger partial charge >= 0.3 is 0 Å². The van der Waals surface area contributed by atoms with Gasteiger partial charge in [0.15, 0.2) is 6.54 Å². The van der Waals surface area contributed by atoms with E-state index in [0.717, 1.165) is 30.7 Å². The van der Waals surface area contributed by atoms with Crippen LogP contribution in [0.4, 0.5) is 0 Å². The van der Waals surface area contributed by atoms with E-state index in [1.54, 1.807) is 6.92 Å². The van der Waals surface area contributed by atoms with Crippen LogP contribution in [0, 0.1) is 0 Å². The summed E-state index contributed by atoms with van der Waals surface area (Å²) < 4.78 is 1.99. The van der Waals surface area contributed by atoms with Crippen LogP contribution in [0.1, 0.15) is 26.7 Å². The first-order valence-electron chi connectivity index (χ1n) is 4.56. The fraction of sp³-hybridized carbons (Fsp3) is 0.455. The quantitative estimate of drug-likeness (QED) is 0.477. The van der Waals surface area contributed by atoms with Crippen molar-refractivity contribution in [3.05, 3.63) is 23.9 Å². The number of allylic oxidation sites excluding steroid dienone is 2. The molecular formula is C11H16NO+. The summed E-state index contributed by atoms with van der Waals surface area (Å²) in [6, 6.07) is 0. The zero-order chi connectivity index (χ0) is 9.84. The molecule has 2 heteroatoms. The number of hydrogen-bond acceptors (Lipinski definition) is 1. The highest BCUT2D eigenvalue weighted by Crippen LogP contribution is 2.09. The van der Waals surface area contributed by atoms with Gasteiger partial charge in [0.25, 0.3) is 0 Å². The van der Waals surface area contributed by atoms with E-state index in [1.165, 1.54) is 0 Å². The zero-order valence-electron chi connectivity index (χ0n) is 8.34. The lowest BCUT2D eigenvalue weighted by Gasteiger charge is -2.07. The second kappa shape index (κ2) is 4.17. The highest BCUT2D eigenvalue weighted by atomic mass is 16.1. The molecule has 0 aromatic heterocycles. The van der Waals surface area contributed by atoms with Crippen molar-refractivity contribution < 1.29 is 9.37 Å². The lowest BCUT2D eigenvalue weighted by atomic mass is 10.1. The summed E-state index contributed by atoms with van der Waals surface area (Å²) >= 11 is 0. The molecule has 2 nitrogen and oxygen atoms in total. The second-order valence-corrected chi connectivity index (χ2v) is 3.49. The van der Waals surface area contributed by atoms with Crippen LogP contribution in [0.25, 0.3) is 0 Å². The molecule has 0 saturated heterocycles. The molecule has 0 bridgehead atoms. The van der Waals surface area contributed by atoms with Crippen LogP contribution in [-0.4, -0.2) is 23.1 Å². The lowest BCUT2D eigenvalue weighted by molar-refractivity contribution is -0.460. The fourth-order valence-corrected chi connectivity index (χ4v) is 1.45. The van der Waals surface area contributed by atoms with Crippen molar-refractivity contribution in [2.24, 2.45) is 0 Å². The highest BCUT2D eigenvalue weighted by Gasteiger charge is 2.20. The third-order valence-electron chi connectivity index (χ3n) is 1.96. The molecule has 70 valence electrons. The summed E-state index contributed by atoms with van der Waals surface area (Å²) in [6.45, 7) is 8.18. The van der Waals surface area contributed by atoms with Crippen LogP contribution >= 0.6 is 0 Å². The number of ketones is 1. The number of carbonyl (C=O) groups excluding carboxylic acids is 1. The van der Waals surface area contributed by atoms with Gasteiger partial charge in [0.1, 0.15) is 6.21 Å². The number of carbonyl (C=O) groups is 1. The summed E-state index contributed by atoms with van der Waals surface area (Å²) in [7, 11) is 0. The summed E-state index contributed by atoms with van der Waals surface area (Å²) in [5.41, 5.74) is 1.89. The summed E-state index contributed by atoms with van der Waals surface area (Å²) in [6.07, 6.45) is 6.07. The summed E-state index contributed by atoms with van der Waals surface area (Å²) in [5.74, 6) is 0.136. The maximum absolute atomic E-state index is 11.2. The van der Waals surface area contributed by atoms with E-state index in [-0.39, 0.29) is 5.78 Å². The van der Waals surface area contributed by atoms with Gasteiger partial charge in [-0.25, -0.2) is 0 Å². The van der Waals surface area contributed by atoms with E-state index in [0.29, 0.717) is 0 Å². The van der Waals surface area contributed by atoms with Crippen molar-refractivity contribution in [1.82, 2.24) is 0 Å². The Morgan fingerprint density at radius 3 is 2.77 bits per heavy atom. The van der Waals surface area contributed by atoms with Crippen molar-refractivity contribution in [3.63, 3.8) is 0 Å². The number of Topliss-reactive ketones (excluding diaryl/α,β-unsaturated/α-hetero) is 1. The molecular weight excluding hydrogens is 162 g/mol. The molecule has 0 aromatic carbocycles. The molecule has 0 fully saturated rings. The Hall–Kier alpha value is -1.18. The molecule has 1 rings (SSSR count). The minimum atomic E-state index is 0.136. The number of nitrogens with zero attached hydrogens (tertiary/aromatic N) is 1. The first kappa shape index (κ1) is 9.90. The van der Waals surface area contributed by atoms with Crippen molar-refractivity contribution in [1.29, 1.82) is 0 Å². The molecule has 0 aliphatic carbocycles. The van der Waals surface area contributed by atoms with Crippen molar-refractivity contribution in [2.45, 2.75) is 26.7 Å². The van der Waals surface area contributed by atoms with Gasteiger partial charge in [0.2, 0.25) is 11.5 Å². The van der Waals surface area contributed by atoms with Gasteiger partial charge in [-0.1, -0.05) is 6.58 Å². The predicted octanol–water partition coefficient (Wildman–Crippen LogP) is 1.91. The van der Waals surface area contributed by atoms with E-state index in [1.807, 2.05) is 17.6 Å². The van der Waals surface area contributed by atoms with Crippen LogP contribution in [0.5, 0.6) is 0 Å². The Balaban J connectivity index is 2.81. The smallest absolute Gasteiger partial charge is 0.244 e. The van der Waals surface area contributed by atoms with Crippen LogP contribution in [0.2, 0.25) is 0 Å². The summed E-state index contributed by atoms with van der Waals surface area (Å²) in [5, 5.41) is 0. The van der Waals surface area contributed by atoms with Gasteiger partial charge in [-0.3, -0.25) is 4.79 Å². The lowest BCUT2D eigenvalue weighted by Crippen LogP contribution is -2.22. The van der Waals surface area contributed by atoms with Crippen LogP contribution < -0.4 is 0 Å². The molecule has 0 amide bonds. The van der Waals surface area contributed by atoms with E-state index < -0.39 is 0 Å². The van der Waals surface area contributed by atoms with Crippen LogP contribution in [0.15, 0.2) is 23.9 Å². The zero-order valence-corrected chi connectivity index (χ0v) is 8.34. The molecule has 0 spiro atoms. The third kappa shape index (κ3) is 2.65. The maximum atomic E-state index is 11.2. The Bertz CT molecular complexity index is 297. The Morgan fingerprint density at radius 2 is 2.23 bits per heavy atom. The summed E-state index contributed by atoms with van der Waals surface area (Å²) in [4.78, 5) is 11.2. The van der Waals surface area contributed by atoms with E-state index in [9.17, 15) is 4.79 Å². The molecule has 0 atom stereocenters. The van der Waals surface area contributed by atoms with E-state index in [4.69, 9.17) is 0 Å². The fourth-order valence-electron chi connectivity index (χ4n) is 1.45. The second-order valence-electron chi connectivity index (χ2n) is 3.49. The SMILES string of the molecule is C=C(C)C[N+]1=CCCC=C1C(C)=O. The Morgan fingerprint density at radius 1 is 1.54 bits per heavy atom. The average molecular weight is 178 g/mol. The normalized spacial score (nSPS) is 16.2. The van der Waals surface area contributed by atoms with Gasteiger partial charge in [0, 0.05) is 13.3 Å². The molecule has 0 aromatic rings. The van der Waals surface area contributed by atoms with Crippen molar-refractivity contribution >= 4 is 12.0 Å². The first-order chi connectivity index (χ1) is 6.11. The standard InChI is InChI=1S/C11H16NO/c1-9(2)8-12-7-5-4-6-11(12)10(3)13/h6-7H,1,4-5,8H2,2-3H3/q+1. The number of rotatable bonds is 3. The van der Waals surface area contributed by atoms with E-state index in [2.05, 4.69) is 12.8 Å². The monoisotopic (exact) mass is 178 g/mol. The molecule has 0 N–H and O–H groups in total. The van der Waals surface area contributed by atoms with Gasteiger partial charge in [-0.05, 0) is 25.0 Å². The average Bonchev–Trinajstić information content (AvgIpc) is 2.03. The largest absolute Gasteiger partial charge is 0.288 e. The Kier molecular flexibility index (Phi) is 3.18. The van der Waals surface area contributed by atoms with E-state index >= 15 is 0 Å².